The Balaban J connectivity index is 0. The van der Waals surface area contributed by atoms with Gasteiger partial charge in [-0.25, -0.2) is 0 Å². The first kappa shape index (κ1) is 16.9. The summed E-state index contributed by atoms with van der Waals surface area (Å²) in [6.45, 7) is 5.51. The summed E-state index contributed by atoms with van der Waals surface area (Å²) in [5, 5.41) is 0. The van der Waals surface area contributed by atoms with Crippen LogP contribution in [-0.4, -0.2) is 24.2 Å². The summed E-state index contributed by atoms with van der Waals surface area (Å²) in [4.78, 5) is 7.89. The Hall–Kier alpha value is 0.515. The molecule has 1 rings (SSSR count). The summed E-state index contributed by atoms with van der Waals surface area (Å²) in [5.41, 5.74) is 0.674. The Morgan fingerprint density at radius 3 is 2.14 bits per heavy atom. The smallest absolute Gasteiger partial charge is 0.481 e. The Morgan fingerprint density at radius 1 is 1.14 bits per heavy atom. The molecule has 0 amide bonds. The molecule has 1 aromatic rings. The van der Waals surface area contributed by atoms with Crippen molar-refractivity contribution < 1.29 is 67.7 Å². The average molecular weight is 269 g/mol. The number of methoxy groups -OCH3 is 2. The molecule has 0 radical (unpaired) electrons. The predicted octanol–water partition coefficient (Wildman–Crippen LogP) is -1.33. The number of aromatic nitrogens is 2. The van der Waals surface area contributed by atoms with Gasteiger partial charge in [-0.2, -0.15) is 0 Å². The van der Waals surface area contributed by atoms with Crippen molar-refractivity contribution in [2.45, 2.75) is 13.8 Å². The summed E-state index contributed by atoms with van der Waals surface area (Å²) in [7, 11) is 3.11. The van der Waals surface area contributed by atoms with E-state index in [2.05, 4.69) is 9.97 Å². The van der Waals surface area contributed by atoms with E-state index in [1.165, 1.54) is 12.8 Å². The maximum absolute atomic E-state index is 4.82. The van der Waals surface area contributed by atoms with E-state index in [1.807, 2.05) is 13.8 Å². The van der Waals surface area contributed by atoms with Crippen LogP contribution in [0.4, 0.5) is 0 Å². The standard InChI is InChI=1S/C7H9N2O2.C2H6.Rb/c1-10-5-6-3-9-7(11-2)4-8-6;1-2;/h3-5H,1-2H3;1-2H3;/q-1;;+1. The molecule has 1 heterocycles. The number of rotatable bonds is 3. The van der Waals surface area contributed by atoms with Crippen molar-refractivity contribution in [3.63, 3.8) is 0 Å². The van der Waals surface area contributed by atoms with Gasteiger partial charge in [0.1, 0.15) is 0 Å². The van der Waals surface area contributed by atoms with Gasteiger partial charge < -0.3 is 14.5 Å². The molecule has 5 heteroatoms. The van der Waals surface area contributed by atoms with Crippen LogP contribution in [0.2, 0.25) is 0 Å². The second kappa shape index (κ2) is 11.6. The summed E-state index contributed by atoms with van der Waals surface area (Å²) in [6, 6.07) is 0. The molecule has 0 aliphatic heterocycles. The molecule has 4 nitrogen and oxygen atoms in total. The molecule has 0 atom stereocenters. The fourth-order valence-electron chi connectivity index (χ4n) is 0.613. The third-order valence-electron chi connectivity index (χ3n) is 1.10. The molecule has 74 valence electrons. The zero-order chi connectivity index (χ0) is 10.1. The van der Waals surface area contributed by atoms with E-state index in [0.29, 0.717) is 11.6 Å². The molecule has 0 N–H and O–H groups in total. The minimum atomic E-state index is 0. The zero-order valence-corrected chi connectivity index (χ0v) is 14.4. The maximum Gasteiger partial charge on any atom is 1.00 e. The van der Waals surface area contributed by atoms with Crippen molar-refractivity contribution in [2.75, 3.05) is 14.2 Å². The molecule has 0 aromatic carbocycles. The molecule has 0 saturated carbocycles. The van der Waals surface area contributed by atoms with Crippen molar-refractivity contribution in [1.29, 1.82) is 0 Å². The fourth-order valence-corrected chi connectivity index (χ4v) is 0.613. The third kappa shape index (κ3) is 6.89. The maximum atomic E-state index is 4.82. The summed E-state index contributed by atoms with van der Waals surface area (Å²) in [6.07, 6.45) is 3.10. The molecule has 0 aliphatic carbocycles. The molecule has 0 fully saturated rings. The van der Waals surface area contributed by atoms with Crippen molar-refractivity contribution >= 4 is 0 Å². The van der Waals surface area contributed by atoms with Gasteiger partial charge in [-0.1, -0.05) is 32.3 Å². The van der Waals surface area contributed by atoms with Crippen LogP contribution in [0.1, 0.15) is 19.5 Å². The quantitative estimate of drug-likeness (QED) is 0.638. The SMILES string of the molecule is CC.CO[CH-]c1cnc(OC)cn1.[Rb+]. The van der Waals surface area contributed by atoms with Gasteiger partial charge in [0.25, 0.3) is 0 Å². The largest absolute Gasteiger partial charge is 1.00 e. The van der Waals surface area contributed by atoms with Gasteiger partial charge in [0.2, 0.25) is 5.88 Å². The van der Waals surface area contributed by atoms with Gasteiger partial charge in [0, 0.05) is 7.11 Å². The first-order valence-corrected chi connectivity index (χ1v) is 4.09. The molecule has 1 aromatic heterocycles. The van der Waals surface area contributed by atoms with Gasteiger partial charge in [-0.05, 0) is 0 Å². The Kier molecular flexibility index (Phi) is 14.0. The van der Waals surface area contributed by atoms with Gasteiger partial charge in [-0.3, -0.25) is 4.98 Å². The number of nitrogens with zero attached hydrogens (tertiary/aromatic N) is 2. The molecular weight excluding hydrogens is 254 g/mol. The van der Waals surface area contributed by atoms with Gasteiger partial charge >= 0.3 is 58.2 Å². The molecular formula is C9H15N2O2Rb. The van der Waals surface area contributed by atoms with Crippen LogP contribution in [0.5, 0.6) is 5.88 Å². The van der Waals surface area contributed by atoms with E-state index in [1.54, 1.807) is 20.4 Å². The minimum Gasteiger partial charge on any atom is -0.481 e. The van der Waals surface area contributed by atoms with Crippen LogP contribution in [0.3, 0.4) is 0 Å². The second-order valence-corrected chi connectivity index (χ2v) is 1.84. The fraction of sp³-hybridized carbons (Fsp3) is 0.444. The Bertz CT molecular complexity index is 217. The van der Waals surface area contributed by atoms with Crippen molar-refractivity contribution in [1.82, 2.24) is 9.97 Å². The van der Waals surface area contributed by atoms with Crippen LogP contribution >= 0.6 is 0 Å². The molecule has 0 unspecified atom stereocenters. The Morgan fingerprint density at radius 2 is 1.79 bits per heavy atom. The average Bonchev–Trinajstić information content (AvgIpc) is 2.23. The monoisotopic (exact) mass is 268 g/mol. The molecule has 14 heavy (non-hydrogen) atoms. The zero-order valence-electron chi connectivity index (χ0n) is 9.44. The van der Waals surface area contributed by atoms with Gasteiger partial charge in [0.15, 0.2) is 0 Å². The topological polar surface area (TPSA) is 44.2 Å². The van der Waals surface area contributed by atoms with Crippen molar-refractivity contribution in [2.24, 2.45) is 0 Å². The first-order chi connectivity index (χ1) is 6.36. The number of hydrogen-bond donors (Lipinski definition) is 0. The van der Waals surface area contributed by atoms with Crippen LogP contribution in [0.25, 0.3) is 0 Å². The third-order valence-corrected chi connectivity index (χ3v) is 1.10. The predicted molar refractivity (Wildman–Crippen MR) is 50.3 cm³/mol. The molecule has 0 aliphatic rings. The summed E-state index contributed by atoms with van der Waals surface area (Å²) >= 11 is 0. The van der Waals surface area contributed by atoms with E-state index < -0.39 is 0 Å². The van der Waals surface area contributed by atoms with Crippen molar-refractivity contribution in [3.05, 3.63) is 24.7 Å². The van der Waals surface area contributed by atoms with Gasteiger partial charge in [-0.15, -0.1) is 0 Å². The van der Waals surface area contributed by atoms with E-state index in [4.69, 9.17) is 9.47 Å². The molecule has 0 saturated heterocycles. The van der Waals surface area contributed by atoms with Crippen LogP contribution in [0.15, 0.2) is 12.4 Å². The van der Waals surface area contributed by atoms with E-state index >= 15 is 0 Å². The Labute approximate surface area is 134 Å². The van der Waals surface area contributed by atoms with Crippen LogP contribution < -0.4 is 62.9 Å². The molecule has 0 spiro atoms. The normalized spacial score (nSPS) is 7.71. The molecule has 0 bridgehead atoms. The number of hydrogen-bond acceptors (Lipinski definition) is 4. The van der Waals surface area contributed by atoms with E-state index in [9.17, 15) is 0 Å². The number of ether oxygens (including phenoxy) is 2. The van der Waals surface area contributed by atoms with Gasteiger partial charge in [0.05, 0.1) is 13.3 Å². The van der Waals surface area contributed by atoms with E-state index in [-0.39, 0.29) is 58.2 Å². The second-order valence-electron chi connectivity index (χ2n) is 1.84. The minimum absolute atomic E-state index is 0. The summed E-state index contributed by atoms with van der Waals surface area (Å²) < 4.78 is 9.55. The van der Waals surface area contributed by atoms with Crippen molar-refractivity contribution in [3.8, 4) is 5.88 Å². The first-order valence-electron chi connectivity index (χ1n) is 4.09. The van der Waals surface area contributed by atoms with Crippen LogP contribution in [-0.2, 0) is 4.74 Å². The van der Waals surface area contributed by atoms with Crippen LogP contribution in [0, 0.1) is 6.61 Å². The van der Waals surface area contributed by atoms with E-state index in [0.717, 1.165) is 0 Å². The summed E-state index contributed by atoms with van der Waals surface area (Å²) in [5.74, 6) is 0.498.